The van der Waals surface area contributed by atoms with E-state index < -0.39 is 11.8 Å². The molecule has 1 aliphatic heterocycles. The fourth-order valence-electron chi connectivity index (χ4n) is 3.48. The lowest BCUT2D eigenvalue weighted by molar-refractivity contribution is 0.0686. The molecule has 2 aromatic rings. The Bertz CT molecular complexity index is 914. The summed E-state index contributed by atoms with van der Waals surface area (Å²) in [6, 6.07) is 7.49. The maximum atomic E-state index is 14.3. The van der Waals surface area contributed by atoms with E-state index in [2.05, 4.69) is 20.5 Å². The number of nitrogens with zero attached hydrogens (tertiary/aromatic N) is 3. The van der Waals surface area contributed by atoms with E-state index in [0.29, 0.717) is 44.2 Å². The van der Waals surface area contributed by atoms with Crippen LogP contribution in [0.4, 0.5) is 25.4 Å². The van der Waals surface area contributed by atoms with E-state index in [-0.39, 0.29) is 12.1 Å². The smallest absolute Gasteiger partial charge is 0.409 e. The molecule has 1 aliphatic rings. The SMILES string of the molecule is CCOC(=O)N1CCN(C(C)c2cc(F)cc(NC(=O)Nc3ccc(C)nc3)c2)CC1. The lowest BCUT2D eigenvalue weighted by atomic mass is 10.0. The third-order valence-corrected chi connectivity index (χ3v) is 5.22. The number of hydrogen-bond acceptors (Lipinski definition) is 5. The number of carbonyl (C=O) groups is 2. The Hall–Kier alpha value is -3.20. The van der Waals surface area contributed by atoms with Gasteiger partial charge in [-0.15, -0.1) is 0 Å². The fraction of sp³-hybridized carbons (Fsp3) is 0.409. The zero-order chi connectivity index (χ0) is 22.4. The topological polar surface area (TPSA) is 86.8 Å². The highest BCUT2D eigenvalue weighted by atomic mass is 19.1. The summed E-state index contributed by atoms with van der Waals surface area (Å²) in [5.74, 6) is -0.429. The number of piperazine rings is 1. The first-order chi connectivity index (χ1) is 14.9. The molecule has 1 saturated heterocycles. The number of anilines is 2. The monoisotopic (exact) mass is 429 g/mol. The van der Waals surface area contributed by atoms with Gasteiger partial charge < -0.3 is 20.3 Å². The molecule has 1 atom stereocenters. The van der Waals surface area contributed by atoms with Gasteiger partial charge in [0.2, 0.25) is 0 Å². The predicted octanol–water partition coefficient (Wildman–Crippen LogP) is 4.01. The highest BCUT2D eigenvalue weighted by Gasteiger charge is 2.26. The number of nitrogens with one attached hydrogen (secondary N) is 2. The first-order valence-corrected chi connectivity index (χ1v) is 10.3. The van der Waals surface area contributed by atoms with Gasteiger partial charge in [0.25, 0.3) is 0 Å². The van der Waals surface area contributed by atoms with Crippen LogP contribution < -0.4 is 10.6 Å². The van der Waals surface area contributed by atoms with Crippen LogP contribution in [0, 0.1) is 12.7 Å². The lowest BCUT2D eigenvalue weighted by Gasteiger charge is -2.37. The Labute approximate surface area is 181 Å². The van der Waals surface area contributed by atoms with E-state index in [1.54, 1.807) is 36.2 Å². The molecule has 9 heteroatoms. The molecule has 0 saturated carbocycles. The van der Waals surface area contributed by atoms with Crippen molar-refractivity contribution in [3.05, 3.63) is 53.6 Å². The summed E-state index contributed by atoms with van der Waals surface area (Å²) >= 11 is 0. The number of halogens is 1. The van der Waals surface area contributed by atoms with Crippen LogP contribution in [0.1, 0.15) is 31.1 Å². The largest absolute Gasteiger partial charge is 0.450 e. The third-order valence-electron chi connectivity index (χ3n) is 5.22. The van der Waals surface area contributed by atoms with Gasteiger partial charge in [0.05, 0.1) is 18.5 Å². The van der Waals surface area contributed by atoms with E-state index in [1.165, 1.54) is 12.1 Å². The standard InChI is InChI=1S/C22H28FN5O3/c1-4-31-22(30)28-9-7-27(8-10-28)16(3)17-11-18(23)13-20(12-17)26-21(29)25-19-6-5-15(2)24-14-19/h5-6,11-14,16H,4,7-10H2,1-3H3,(H2,25,26,29). The molecule has 2 N–H and O–H groups in total. The highest BCUT2D eigenvalue weighted by Crippen LogP contribution is 2.26. The number of aromatic nitrogens is 1. The molecule has 2 heterocycles. The van der Waals surface area contributed by atoms with Gasteiger partial charge in [-0.25, -0.2) is 14.0 Å². The van der Waals surface area contributed by atoms with Crippen LogP contribution in [0.15, 0.2) is 36.5 Å². The normalized spacial score (nSPS) is 15.3. The molecule has 0 spiro atoms. The molecule has 1 aromatic carbocycles. The number of rotatable bonds is 5. The van der Waals surface area contributed by atoms with Crippen molar-refractivity contribution >= 4 is 23.5 Å². The van der Waals surface area contributed by atoms with Crippen molar-refractivity contribution in [3.63, 3.8) is 0 Å². The Morgan fingerprint density at radius 2 is 1.84 bits per heavy atom. The minimum atomic E-state index is -0.474. The molecule has 1 fully saturated rings. The molecule has 3 amide bonds. The first-order valence-electron chi connectivity index (χ1n) is 10.3. The Kier molecular flexibility index (Phi) is 7.41. The maximum absolute atomic E-state index is 14.3. The summed E-state index contributed by atoms with van der Waals surface area (Å²) in [4.78, 5) is 32.1. The van der Waals surface area contributed by atoms with Crippen molar-refractivity contribution in [1.29, 1.82) is 0 Å². The van der Waals surface area contributed by atoms with E-state index in [4.69, 9.17) is 4.74 Å². The number of benzene rings is 1. The molecule has 1 aromatic heterocycles. The zero-order valence-electron chi connectivity index (χ0n) is 18.0. The second-order valence-electron chi connectivity index (χ2n) is 7.44. The van der Waals surface area contributed by atoms with E-state index >= 15 is 0 Å². The third kappa shape index (κ3) is 6.14. The zero-order valence-corrected chi connectivity index (χ0v) is 18.0. The van der Waals surface area contributed by atoms with Crippen molar-refractivity contribution in [3.8, 4) is 0 Å². The fourth-order valence-corrected chi connectivity index (χ4v) is 3.48. The van der Waals surface area contributed by atoms with Crippen molar-refractivity contribution in [2.24, 2.45) is 0 Å². The summed E-state index contributed by atoms with van der Waals surface area (Å²) < 4.78 is 19.3. The molecular weight excluding hydrogens is 401 g/mol. The summed E-state index contributed by atoms with van der Waals surface area (Å²) in [5.41, 5.74) is 2.51. The maximum Gasteiger partial charge on any atom is 0.409 e. The molecule has 31 heavy (non-hydrogen) atoms. The Balaban J connectivity index is 1.61. The van der Waals surface area contributed by atoms with Crippen molar-refractivity contribution in [1.82, 2.24) is 14.8 Å². The number of amides is 3. The molecule has 1 unspecified atom stereocenters. The minimum Gasteiger partial charge on any atom is -0.450 e. The summed E-state index contributed by atoms with van der Waals surface area (Å²) in [7, 11) is 0. The predicted molar refractivity (Wildman–Crippen MR) is 117 cm³/mol. The van der Waals surface area contributed by atoms with Crippen LogP contribution >= 0.6 is 0 Å². The Morgan fingerprint density at radius 1 is 1.13 bits per heavy atom. The van der Waals surface area contributed by atoms with Gasteiger partial charge in [-0.3, -0.25) is 9.88 Å². The van der Waals surface area contributed by atoms with Crippen LogP contribution in [-0.2, 0) is 4.74 Å². The summed E-state index contributed by atoms with van der Waals surface area (Å²) in [5, 5.41) is 5.35. The minimum absolute atomic E-state index is 0.0787. The molecule has 3 rings (SSSR count). The number of urea groups is 1. The number of ether oxygens (including phenoxy) is 1. The van der Waals surface area contributed by atoms with Crippen LogP contribution in [0.2, 0.25) is 0 Å². The van der Waals surface area contributed by atoms with Gasteiger partial charge in [-0.2, -0.15) is 0 Å². The van der Waals surface area contributed by atoms with Crippen LogP contribution in [0.3, 0.4) is 0 Å². The molecule has 0 radical (unpaired) electrons. The summed E-state index contributed by atoms with van der Waals surface area (Å²) in [6.45, 7) is 8.38. The van der Waals surface area contributed by atoms with Gasteiger partial charge in [0, 0.05) is 43.6 Å². The van der Waals surface area contributed by atoms with E-state index in [1.807, 2.05) is 13.8 Å². The summed E-state index contributed by atoms with van der Waals surface area (Å²) in [6.07, 6.45) is 1.26. The second kappa shape index (κ2) is 10.2. The van der Waals surface area contributed by atoms with Crippen LogP contribution in [-0.4, -0.2) is 59.7 Å². The van der Waals surface area contributed by atoms with Gasteiger partial charge in [0.1, 0.15) is 5.82 Å². The average molecular weight is 429 g/mol. The first kappa shape index (κ1) is 22.5. The molecule has 166 valence electrons. The van der Waals surface area contributed by atoms with Crippen LogP contribution in [0.25, 0.3) is 0 Å². The van der Waals surface area contributed by atoms with Crippen LogP contribution in [0.5, 0.6) is 0 Å². The van der Waals surface area contributed by atoms with E-state index in [9.17, 15) is 14.0 Å². The van der Waals surface area contributed by atoms with Crippen molar-refractivity contribution in [2.45, 2.75) is 26.8 Å². The second-order valence-corrected chi connectivity index (χ2v) is 7.44. The quantitative estimate of drug-likeness (QED) is 0.750. The molecule has 0 aliphatic carbocycles. The lowest BCUT2D eigenvalue weighted by Crippen LogP contribution is -2.49. The number of hydrogen-bond donors (Lipinski definition) is 2. The van der Waals surface area contributed by atoms with Gasteiger partial charge in [-0.1, -0.05) is 0 Å². The van der Waals surface area contributed by atoms with Crippen molar-refractivity contribution in [2.75, 3.05) is 43.4 Å². The molecular formula is C22H28FN5O3. The molecule has 0 bridgehead atoms. The number of aryl methyl sites for hydroxylation is 1. The Morgan fingerprint density at radius 3 is 2.48 bits per heavy atom. The average Bonchev–Trinajstić information content (AvgIpc) is 2.74. The van der Waals surface area contributed by atoms with Gasteiger partial charge in [-0.05, 0) is 56.7 Å². The van der Waals surface area contributed by atoms with Gasteiger partial charge >= 0.3 is 12.1 Å². The molecule has 8 nitrogen and oxygen atoms in total. The van der Waals surface area contributed by atoms with Crippen molar-refractivity contribution < 1.29 is 18.7 Å². The van der Waals surface area contributed by atoms with E-state index in [0.717, 1.165) is 11.3 Å². The number of carbonyl (C=O) groups excluding carboxylic acids is 2. The number of pyridine rings is 1. The highest BCUT2D eigenvalue weighted by molar-refractivity contribution is 5.99. The van der Waals surface area contributed by atoms with Gasteiger partial charge in [0.15, 0.2) is 0 Å².